The predicted octanol–water partition coefficient (Wildman–Crippen LogP) is 4.57. The molecule has 142 valence electrons. The monoisotopic (exact) mass is 395 g/mol. The van der Waals surface area contributed by atoms with E-state index in [4.69, 9.17) is 0 Å². The summed E-state index contributed by atoms with van der Waals surface area (Å²) < 4.78 is 40.1. The largest absolute Gasteiger partial charge is 0.271 e. The van der Waals surface area contributed by atoms with Crippen LogP contribution >= 0.6 is 0 Å². The second-order valence-electron chi connectivity index (χ2n) is 6.14. The molecule has 1 amide bonds. The summed E-state index contributed by atoms with van der Waals surface area (Å²) in [6, 6.07) is 20.0. The van der Waals surface area contributed by atoms with Gasteiger partial charge >= 0.3 is 0 Å². The molecule has 0 aliphatic carbocycles. The highest BCUT2D eigenvalue weighted by Gasteiger charge is 2.29. The molecule has 0 fully saturated rings. The lowest BCUT2D eigenvalue weighted by Gasteiger charge is -2.21. The summed E-state index contributed by atoms with van der Waals surface area (Å²) in [5, 5.41) is 0. The number of halogens is 1. The van der Waals surface area contributed by atoms with Gasteiger partial charge in [0.1, 0.15) is 5.82 Å². The lowest BCUT2D eigenvalue weighted by molar-refractivity contribution is -0.113. The molecule has 4 nitrogen and oxygen atoms in total. The molecule has 3 aromatic carbocycles. The Morgan fingerprint density at radius 2 is 1.50 bits per heavy atom. The van der Waals surface area contributed by atoms with Crippen LogP contribution in [-0.2, 0) is 14.8 Å². The molecule has 0 heterocycles. The van der Waals surface area contributed by atoms with Crippen LogP contribution in [0.3, 0.4) is 0 Å². The first-order valence-electron chi connectivity index (χ1n) is 8.52. The van der Waals surface area contributed by atoms with E-state index >= 15 is 0 Å². The Hall–Kier alpha value is -3.25. The van der Waals surface area contributed by atoms with Gasteiger partial charge in [-0.3, -0.25) is 4.79 Å². The van der Waals surface area contributed by atoms with E-state index < -0.39 is 21.7 Å². The maximum absolute atomic E-state index is 13.2. The van der Waals surface area contributed by atoms with Crippen molar-refractivity contribution in [1.82, 2.24) is 0 Å². The topological polar surface area (TPSA) is 54.5 Å². The molecule has 3 rings (SSSR count). The van der Waals surface area contributed by atoms with Crippen molar-refractivity contribution in [3.05, 3.63) is 102 Å². The minimum atomic E-state index is -4.11. The van der Waals surface area contributed by atoms with Gasteiger partial charge in [0.2, 0.25) is 0 Å². The molecule has 0 saturated carbocycles. The summed E-state index contributed by atoms with van der Waals surface area (Å²) in [7, 11) is -4.11. The Morgan fingerprint density at radius 1 is 0.893 bits per heavy atom. The summed E-state index contributed by atoms with van der Waals surface area (Å²) in [5.41, 5.74) is 1.72. The lowest BCUT2D eigenvalue weighted by atomic mass is 10.2. The molecule has 0 aliphatic heterocycles. The Bertz CT molecular complexity index is 1090. The first-order valence-corrected chi connectivity index (χ1v) is 9.96. The second kappa shape index (κ2) is 8.19. The van der Waals surface area contributed by atoms with Gasteiger partial charge in [0.05, 0.1) is 10.6 Å². The van der Waals surface area contributed by atoms with Crippen molar-refractivity contribution in [2.45, 2.75) is 11.8 Å². The van der Waals surface area contributed by atoms with Gasteiger partial charge in [0, 0.05) is 6.08 Å². The molecular weight excluding hydrogens is 377 g/mol. The molecule has 28 heavy (non-hydrogen) atoms. The van der Waals surface area contributed by atoms with Crippen molar-refractivity contribution >= 4 is 27.7 Å². The van der Waals surface area contributed by atoms with Gasteiger partial charge < -0.3 is 0 Å². The van der Waals surface area contributed by atoms with Crippen molar-refractivity contribution in [2.75, 3.05) is 4.31 Å². The predicted molar refractivity (Wildman–Crippen MR) is 108 cm³/mol. The zero-order chi connectivity index (χ0) is 20.1. The first kappa shape index (κ1) is 19.5. The van der Waals surface area contributed by atoms with Gasteiger partial charge in [0.15, 0.2) is 0 Å². The van der Waals surface area contributed by atoms with Gasteiger partial charge in [-0.1, -0.05) is 48.0 Å². The van der Waals surface area contributed by atoms with Crippen molar-refractivity contribution < 1.29 is 17.6 Å². The molecule has 3 aromatic rings. The standard InChI is InChI=1S/C22H18FNO3S/c1-17-7-14-21(15-8-17)28(26,27)24(20-5-3-2-4-6-20)22(25)16-11-18-9-12-19(23)13-10-18/h2-16H,1H3/b16-11+. The third kappa shape index (κ3) is 4.35. The number of aryl methyl sites for hydroxylation is 1. The van der Waals surface area contributed by atoms with Gasteiger partial charge in [-0.05, 0) is 55.0 Å². The maximum atomic E-state index is 13.2. The molecule has 6 heteroatoms. The highest BCUT2D eigenvalue weighted by Crippen LogP contribution is 2.24. The first-order chi connectivity index (χ1) is 13.4. The fraction of sp³-hybridized carbons (Fsp3) is 0.0455. The smallest absolute Gasteiger partial charge is 0.268 e. The summed E-state index contributed by atoms with van der Waals surface area (Å²) in [5.74, 6) is -1.12. The Kier molecular flexibility index (Phi) is 5.70. The van der Waals surface area contributed by atoms with E-state index in [9.17, 15) is 17.6 Å². The van der Waals surface area contributed by atoms with Crippen molar-refractivity contribution in [1.29, 1.82) is 0 Å². The van der Waals surface area contributed by atoms with Crippen molar-refractivity contribution in [3.63, 3.8) is 0 Å². The average molecular weight is 395 g/mol. The van der Waals surface area contributed by atoms with Crippen LogP contribution < -0.4 is 4.31 Å². The number of para-hydroxylation sites is 1. The summed E-state index contributed by atoms with van der Waals surface area (Å²) in [6.07, 6.45) is 2.61. The molecule has 0 aromatic heterocycles. The quantitative estimate of drug-likeness (QED) is 0.595. The van der Waals surface area contributed by atoms with Crippen molar-refractivity contribution in [2.24, 2.45) is 0 Å². The highest BCUT2D eigenvalue weighted by molar-refractivity contribution is 7.93. The number of hydrogen-bond acceptors (Lipinski definition) is 3. The lowest BCUT2D eigenvalue weighted by Crippen LogP contribution is -2.35. The Morgan fingerprint density at radius 3 is 2.11 bits per heavy atom. The van der Waals surface area contributed by atoms with E-state index in [0.29, 0.717) is 5.56 Å². The summed E-state index contributed by atoms with van der Waals surface area (Å²) in [4.78, 5) is 12.9. The van der Waals surface area contributed by atoms with E-state index in [0.717, 1.165) is 15.9 Å². The summed E-state index contributed by atoms with van der Waals surface area (Å²) in [6.45, 7) is 1.85. The average Bonchev–Trinajstić information content (AvgIpc) is 2.69. The van der Waals surface area contributed by atoms with Crippen LogP contribution in [0.1, 0.15) is 11.1 Å². The van der Waals surface area contributed by atoms with Crippen LogP contribution in [0.2, 0.25) is 0 Å². The third-order valence-corrected chi connectivity index (χ3v) is 5.78. The second-order valence-corrected chi connectivity index (χ2v) is 7.93. The van der Waals surface area contributed by atoms with Crippen LogP contribution in [0, 0.1) is 12.7 Å². The van der Waals surface area contributed by atoms with Crippen LogP contribution in [-0.4, -0.2) is 14.3 Å². The summed E-state index contributed by atoms with van der Waals surface area (Å²) >= 11 is 0. The Labute approximate surface area is 163 Å². The van der Waals surface area contributed by atoms with Crippen LogP contribution in [0.4, 0.5) is 10.1 Å². The van der Waals surface area contributed by atoms with E-state index in [1.807, 2.05) is 6.92 Å². The van der Waals surface area contributed by atoms with E-state index in [1.54, 1.807) is 42.5 Å². The maximum Gasteiger partial charge on any atom is 0.271 e. The molecule has 0 bridgehead atoms. The number of carbonyl (C=O) groups is 1. The Balaban J connectivity index is 2.01. The fourth-order valence-corrected chi connectivity index (χ4v) is 3.96. The number of sulfonamides is 1. The van der Waals surface area contributed by atoms with Crippen LogP contribution in [0.5, 0.6) is 0 Å². The van der Waals surface area contributed by atoms with Gasteiger partial charge in [-0.25, -0.2) is 12.8 Å². The van der Waals surface area contributed by atoms with Crippen LogP contribution in [0.25, 0.3) is 6.08 Å². The van der Waals surface area contributed by atoms with Crippen molar-refractivity contribution in [3.8, 4) is 0 Å². The van der Waals surface area contributed by atoms with Gasteiger partial charge in [-0.2, -0.15) is 4.31 Å². The normalized spacial score (nSPS) is 11.5. The number of rotatable bonds is 5. The van der Waals surface area contributed by atoms with Gasteiger partial charge in [-0.15, -0.1) is 0 Å². The molecule has 0 spiro atoms. The number of carbonyl (C=O) groups excluding carboxylic acids is 1. The molecule has 0 N–H and O–H groups in total. The molecule has 0 atom stereocenters. The highest BCUT2D eigenvalue weighted by atomic mass is 32.2. The number of anilines is 1. The third-order valence-electron chi connectivity index (χ3n) is 4.04. The molecular formula is C22H18FNO3S. The zero-order valence-corrected chi connectivity index (χ0v) is 15.9. The molecule has 0 unspecified atom stereocenters. The van der Waals surface area contributed by atoms with E-state index in [2.05, 4.69) is 0 Å². The molecule has 0 radical (unpaired) electrons. The number of amides is 1. The number of hydrogen-bond donors (Lipinski definition) is 0. The van der Waals surface area contributed by atoms with Crippen LogP contribution in [0.15, 0.2) is 89.8 Å². The minimum absolute atomic E-state index is 0.0190. The van der Waals surface area contributed by atoms with Gasteiger partial charge in [0.25, 0.3) is 15.9 Å². The minimum Gasteiger partial charge on any atom is -0.268 e. The molecule has 0 aliphatic rings. The van der Waals surface area contributed by atoms with E-state index in [-0.39, 0.29) is 10.6 Å². The number of benzene rings is 3. The fourth-order valence-electron chi connectivity index (χ4n) is 2.57. The van der Waals surface area contributed by atoms with E-state index in [1.165, 1.54) is 42.5 Å². The zero-order valence-electron chi connectivity index (χ0n) is 15.1. The SMILES string of the molecule is Cc1ccc(S(=O)(=O)N(C(=O)/C=C/c2ccc(F)cc2)c2ccccc2)cc1. The number of nitrogens with zero attached hydrogens (tertiary/aromatic N) is 1. The molecule has 0 saturated heterocycles.